The maximum Gasteiger partial charge on any atom is 0.244 e. The molecule has 0 heterocycles. The van der Waals surface area contributed by atoms with E-state index < -0.39 is 6.04 Å². The van der Waals surface area contributed by atoms with Gasteiger partial charge in [0.25, 0.3) is 0 Å². The van der Waals surface area contributed by atoms with Crippen molar-refractivity contribution in [1.29, 1.82) is 0 Å². The highest BCUT2D eigenvalue weighted by Crippen LogP contribution is 2.25. The van der Waals surface area contributed by atoms with Gasteiger partial charge in [-0.15, -0.1) is 12.4 Å². The summed E-state index contributed by atoms with van der Waals surface area (Å²) in [5, 5.41) is 0. The molecule has 2 rings (SSSR count). The zero-order valence-electron chi connectivity index (χ0n) is 10.0. The molecule has 1 saturated carbocycles. The monoisotopic (exact) mass is 254 g/mol. The summed E-state index contributed by atoms with van der Waals surface area (Å²) in [5.74, 6) is 0.0240. The SMILES string of the molecule is CN(C(=O)C(N)c1ccccc1)C1CCC1.Cl. The molecule has 0 aliphatic heterocycles. The number of carbonyl (C=O) groups is 1. The van der Waals surface area contributed by atoms with E-state index in [1.165, 1.54) is 6.42 Å². The third kappa shape index (κ3) is 2.99. The molecule has 1 aliphatic carbocycles. The molecule has 1 amide bonds. The molecule has 17 heavy (non-hydrogen) atoms. The second-order valence-corrected chi connectivity index (χ2v) is 4.42. The lowest BCUT2D eigenvalue weighted by Gasteiger charge is -2.36. The molecule has 94 valence electrons. The van der Waals surface area contributed by atoms with Crippen molar-refractivity contribution in [2.24, 2.45) is 5.73 Å². The first-order chi connectivity index (χ1) is 7.70. The van der Waals surface area contributed by atoms with Crippen LogP contribution in [0.2, 0.25) is 0 Å². The Morgan fingerprint density at radius 2 is 1.94 bits per heavy atom. The van der Waals surface area contributed by atoms with Crippen LogP contribution in [0, 0.1) is 0 Å². The molecular formula is C13H19ClN2O. The zero-order chi connectivity index (χ0) is 11.5. The number of hydrogen-bond donors (Lipinski definition) is 1. The largest absolute Gasteiger partial charge is 0.341 e. The summed E-state index contributed by atoms with van der Waals surface area (Å²) < 4.78 is 0. The van der Waals surface area contributed by atoms with Crippen molar-refractivity contribution in [2.75, 3.05) is 7.05 Å². The molecule has 1 fully saturated rings. The maximum atomic E-state index is 12.1. The van der Waals surface area contributed by atoms with E-state index in [2.05, 4.69) is 0 Å². The Kier molecular flexibility index (Phi) is 4.97. The molecule has 0 bridgehead atoms. The van der Waals surface area contributed by atoms with Crippen molar-refractivity contribution in [3.63, 3.8) is 0 Å². The smallest absolute Gasteiger partial charge is 0.244 e. The summed E-state index contributed by atoms with van der Waals surface area (Å²) in [7, 11) is 1.86. The normalized spacial score (nSPS) is 16.6. The number of hydrogen-bond acceptors (Lipinski definition) is 2. The third-order valence-corrected chi connectivity index (χ3v) is 3.39. The van der Waals surface area contributed by atoms with E-state index in [4.69, 9.17) is 5.73 Å². The van der Waals surface area contributed by atoms with Gasteiger partial charge < -0.3 is 10.6 Å². The van der Waals surface area contributed by atoms with Crippen LogP contribution in [-0.4, -0.2) is 23.9 Å². The van der Waals surface area contributed by atoms with Crippen molar-refractivity contribution in [3.8, 4) is 0 Å². The maximum absolute atomic E-state index is 12.1. The average molecular weight is 255 g/mol. The quantitative estimate of drug-likeness (QED) is 0.898. The van der Waals surface area contributed by atoms with Gasteiger partial charge in [-0.05, 0) is 24.8 Å². The van der Waals surface area contributed by atoms with Gasteiger partial charge in [-0.1, -0.05) is 30.3 Å². The van der Waals surface area contributed by atoms with Gasteiger partial charge in [0.2, 0.25) is 5.91 Å². The van der Waals surface area contributed by atoms with Crippen molar-refractivity contribution >= 4 is 18.3 Å². The van der Waals surface area contributed by atoms with Crippen molar-refractivity contribution in [1.82, 2.24) is 4.90 Å². The van der Waals surface area contributed by atoms with Gasteiger partial charge in [0.1, 0.15) is 6.04 Å². The molecule has 1 aromatic carbocycles. The Balaban J connectivity index is 0.00000144. The fraction of sp³-hybridized carbons (Fsp3) is 0.462. The molecular weight excluding hydrogens is 236 g/mol. The Hall–Kier alpha value is -1.06. The van der Waals surface area contributed by atoms with Crippen LogP contribution in [-0.2, 0) is 4.79 Å². The van der Waals surface area contributed by atoms with E-state index in [9.17, 15) is 4.79 Å². The van der Waals surface area contributed by atoms with Crippen LogP contribution in [0.3, 0.4) is 0 Å². The van der Waals surface area contributed by atoms with Gasteiger partial charge >= 0.3 is 0 Å². The molecule has 0 aromatic heterocycles. The van der Waals surface area contributed by atoms with Crippen LogP contribution in [0.1, 0.15) is 30.9 Å². The summed E-state index contributed by atoms with van der Waals surface area (Å²) in [6.07, 6.45) is 3.45. The van der Waals surface area contributed by atoms with Crippen LogP contribution < -0.4 is 5.73 Å². The standard InChI is InChI=1S/C13H18N2O.ClH/c1-15(11-8-5-9-11)13(16)12(14)10-6-3-2-4-7-10;/h2-4,6-7,11-12H,5,8-9,14H2,1H3;1H. The molecule has 1 unspecified atom stereocenters. The van der Waals surface area contributed by atoms with Crippen LogP contribution in [0.15, 0.2) is 30.3 Å². The van der Waals surface area contributed by atoms with Gasteiger partial charge in [-0.2, -0.15) is 0 Å². The number of nitrogens with zero attached hydrogens (tertiary/aromatic N) is 1. The fourth-order valence-electron chi connectivity index (χ4n) is 1.98. The topological polar surface area (TPSA) is 46.3 Å². The van der Waals surface area contributed by atoms with E-state index in [0.29, 0.717) is 6.04 Å². The van der Waals surface area contributed by atoms with Gasteiger partial charge in [0, 0.05) is 13.1 Å². The molecule has 1 atom stereocenters. The predicted octanol–water partition coefficient (Wildman–Crippen LogP) is 2.12. The Morgan fingerprint density at radius 3 is 2.41 bits per heavy atom. The minimum Gasteiger partial charge on any atom is -0.341 e. The van der Waals surface area contributed by atoms with E-state index in [1.807, 2.05) is 37.4 Å². The second kappa shape index (κ2) is 6.03. The number of rotatable bonds is 3. The van der Waals surface area contributed by atoms with Crippen molar-refractivity contribution in [3.05, 3.63) is 35.9 Å². The Morgan fingerprint density at radius 1 is 1.35 bits per heavy atom. The first-order valence-electron chi connectivity index (χ1n) is 5.77. The molecule has 1 aromatic rings. The van der Waals surface area contributed by atoms with E-state index >= 15 is 0 Å². The molecule has 1 aliphatic rings. The Labute approximate surface area is 108 Å². The van der Waals surface area contributed by atoms with Crippen molar-refractivity contribution < 1.29 is 4.79 Å². The Bertz CT molecular complexity index is 365. The minimum atomic E-state index is -0.521. The summed E-state index contributed by atoms with van der Waals surface area (Å²) >= 11 is 0. The summed E-state index contributed by atoms with van der Waals surface area (Å²) in [4.78, 5) is 13.9. The van der Waals surface area contributed by atoms with Crippen LogP contribution >= 0.6 is 12.4 Å². The van der Waals surface area contributed by atoms with Gasteiger partial charge in [0.15, 0.2) is 0 Å². The summed E-state index contributed by atoms with van der Waals surface area (Å²) in [6, 6.07) is 9.43. The molecule has 0 saturated heterocycles. The highest BCUT2D eigenvalue weighted by atomic mass is 35.5. The fourth-order valence-corrected chi connectivity index (χ4v) is 1.98. The number of likely N-dealkylation sites (N-methyl/N-ethyl adjacent to an activating group) is 1. The van der Waals surface area contributed by atoms with Crippen molar-refractivity contribution in [2.45, 2.75) is 31.3 Å². The highest BCUT2D eigenvalue weighted by Gasteiger charge is 2.29. The first kappa shape index (κ1) is 14.0. The predicted molar refractivity (Wildman–Crippen MR) is 71.0 cm³/mol. The minimum absolute atomic E-state index is 0. The molecule has 0 radical (unpaired) electrons. The van der Waals surface area contributed by atoms with E-state index in [-0.39, 0.29) is 18.3 Å². The van der Waals surface area contributed by atoms with Crippen LogP contribution in [0.4, 0.5) is 0 Å². The second-order valence-electron chi connectivity index (χ2n) is 4.42. The number of amides is 1. The van der Waals surface area contributed by atoms with E-state index in [1.54, 1.807) is 4.90 Å². The van der Waals surface area contributed by atoms with Gasteiger partial charge in [0.05, 0.1) is 0 Å². The number of benzene rings is 1. The number of nitrogens with two attached hydrogens (primary N) is 1. The molecule has 3 nitrogen and oxygen atoms in total. The number of halogens is 1. The van der Waals surface area contributed by atoms with Gasteiger partial charge in [-0.25, -0.2) is 0 Å². The van der Waals surface area contributed by atoms with E-state index in [0.717, 1.165) is 18.4 Å². The lowest BCUT2D eigenvalue weighted by molar-refractivity contribution is -0.135. The van der Waals surface area contributed by atoms with Crippen LogP contribution in [0.25, 0.3) is 0 Å². The first-order valence-corrected chi connectivity index (χ1v) is 5.77. The average Bonchev–Trinajstić information content (AvgIpc) is 2.26. The molecule has 2 N–H and O–H groups in total. The van der Waals surface area contributed by atoms with Crippen LogP contribution in [0.5, 0.6) is 0 Å². The molecule has 0 spiro atoms. The lowest BCUT2D eigenvalue weighted by atomic mass is 9.91. The summed E-state index contributed by atoms with van der Waals surface area (Å²) in [6.45, 7) is 0. The highest BCUT2D eigenvalue weighted by molar-refractivity contribution is 5.85. The zero-order valence-corrected chi connectivity index (χ0v) is 10.8. The lowest BCUT2D eigenvalue weighted by Crippen LogP contribution is -2.45. The third-order valence-electron chi connectivity index (χ3n) is 3.39. The molecule has 4 heteroatoms. The number of carbonyl (C=O) groups excluding carboxylic acids is 1. The summed E-state index contributed by atoms with van der Waals surface area (Å²) in [5.41, 5.74) is 6.85. The van der Waals surface area contributed by atoms with Gasteiger partial charge in [-0.3, -0.25) is 4.79 Å².